The zero-order chi connectivity index (χ0) is 14.7. The molecule has 0 aliphatic carbocycles. The Kier molecular flexibility index (Phi) is 5.63. The minimum Gasteiger partial charge on any atom is -0.497 e. The number of rotatable bonds is 3. The van der Waals surface area contributed by atoms with Crippen LogP contribution in [-0.4, -0.2) is 35.1 Å². The van der Waals surface area contributed by atoms with Crippen molar-refractivity contribution in [2.45, 2.75) is 18.9 Å². The number of amides is 1. The summed E-state index contributed by atoms with van der Waals surface area (Å²) in [7, 11) is 1.51. The van der Waals surface area contributed by atoms with E-state index in [-0.39, 0.29) is 16.8 Å². The molecule has 0 radical (unpaired) electrons. The van der Waals surface area contributed by atoms with E-state index in [4.69, 9.17) is 32.7 Å². The average Bonchev–Trinajstić information content (AvgIpc) is 2.91. The van der Waals surface area contributed by atoms with Gasteiger partial charge in [-0.25, -0.2) is 4.79 Å². The molecule has 1 amide bonds. The number of ether oxygens (including phenoxy) is 2. The number of carbonyl (C=O) groups excluding carboxylic acids is 1. The molecule has 1 unspecified atom stereocenters. The van der Waals surface area contributed by atoms with Crippen LogP contribution in [0, 0.1) is 0 Å². The topological polar surface area (TPSA) is 38.8 Å². The maximum absolute atomic E-state index is 12.2. The van der Waals surface area contributed by atoms with E-state index >= 15 is 0 Å². The van der Waals surface area contributed by atoms with Crippen molar-refractivity contribution in [1.82, 2.24) is 4.90 Å². The minimum atomic E-state index is -0.393. The zero-order valence-electron chi connectivity index (χ0n) is 10.9. The molecule has 1 atom stereocenters. The summed E-state index contributed by atoms with van der Waals surface area (Å²) >= 11 is 14.3. The van der Waals surface area contributed by atoms with Gasteiger partial charge >= 0.3 is 6.09 Å². The van der Waals surface area contributed by atoms with Gasteiger partial charge in [-0.2, -0.15) is 0 Å². The van der Waals surface area contributed by atoms with Gasteiger partial charge in [-0.15, -0.1) is 0 Å². The van der Waals surface area contributed by atoms with E-state index < -0.39 is 6.09 Å². The number of alkyl halides is 1. The number of likely N-dealkylation sites (tertiary alicyclic amines) is 1. The Balaban J connectivity index is 2.17. The van der Waals surface area contributed by atoms with Crippen LogP contribution in [0.3, 0.4) is 0 Å². The van der Waals surface area contributed by atoms with E-state index in [0.717, 1.165) is 17.3 Å². The lowest BCUT2D eigenvalue weighted by Crippen LogP contribution is -2.38. The largest absolute Gasteiger partial charge is 0.497 e. The summed E-state index contributed by atoms with van der Waals surface area (Å²) in [5.74, 6) is 0.717. The van der Waals surface area contributed by atoms with Crippen molar-refractivity contribution in [2.75, 3.05) is 18.1 Å². The fourth-order valence-electron chi connectivity index (χ4n) is 2.12. The Morgan fingerprint density at radius 3 is 2.90 bits per heavy atom. The lowest BCUT2D eigenvalue weighted by Gasteiger charge is -2.22. The van der Waals surface area contributed by atoms with Crippen molar-refractivity contribution in [3.8, 4) is 11.5 Å². The maximum atomic E-state index is 12.2. The molecule has 2 rings (SSSR count). The lowest BCUT2D eigenvalue weighted by molar-refractivity contribution is 0.151. The average molecular weight is 430 g/mol. The number of benzene rings is 1. The van der Waals surface area contributed by atoms with Crippen LogP contribution >= 0.6 is 45.8 Å². The molecule has 1 aromatic rings. The number of nitrogens with zero attached hydrogens (tertiary/aromatic N) is 1. The van der Waals surface area contributed by atoms with Gasteiger partial charge in [-0.1, -0.05) is 45.8 Å². The number of hydrogen-bond donors (Lipinski definition) is 0. The fourth-order valence-corrected chi connectivity index (χ4v) is 3.39. The Labute approximate surface area is 141 Å². The zero-order valence-corrected chi connectivity index (χ0v) is 14.5. The van der Waals surface area contributed by atoms with Crippen LogP contribution < -0.4 is 9.47 Å². The highest BCUT2D eigenvalue weighted by Gasteiger charge is 2.29. The van der Waals surface area contributed by atoms with Gasteiger partial charge in [0.1, 0.15) is 10.8 Å². The van der Waals surface area contributed by atoms with Crippen molar-refractivity contribution in [2.24, 2.45) is 0 Å². The Morgan fingerprint density at radius 1 is 1.50 bits per heavy atom. The quantitative estimate of drug-likeness (QED) is 0.528. The third-order valence-corrected chi connectivity index (χ3v) is 4.99. The molecule has 1 saturated heterocycles. The van der Waals surface area contributed by atoms with Gasteiger partial charge in [0.2, 0.25) is 0 Å². The number of halogens is 3. The van der Waals surface area contributed by atoms with Crippen LogP contribution in [0.15, 0.2) is 12.1 Å². The van der Waals surface area contributed by atoms with Crippen molar-refractivity contribution < 1.29 is 14.3 Å². The van der Waals surface area contributed by atoms with Crippen LogP contribution in [0.25, 0.3) is 0 Å². The van der Waals surface area contributed by atoms with Gasteiger partial charge in [-0.05, 0) is 12.8 Å². The second-order valence-corrected chi connectivity index (χ2v) is 6.10. The van der Waals surface area contributed by atoms with Gasteiger partial charge in [0.05, 0.1) is 12.1 Å². The number of hydrogen-bond acceptors (Lipinski definition) is 3. The normalized spacial score (nSPS) is 18.2. The van der Waals surface area contributed by atoms with E-state index in [2.05, 4.69) is 22.6 Å². The van der Waals surface area contributed by atoms with E-state index in [1.807, 2.05) is 0 Å². The SMILES string of the molecule is COc1cc(Cl)c(Cl)c(OC(=O)N2CCCC2CI)c1. The predicted octanol–water partition coefficient (Wildman–Crippen LogP) is 4.40. The predicted molar refractivity (Wildman–Crippen MR) is 87.7 cm³/mol. The van der Waals surface area contributed by atoms with Crippen molar-refractivity contribution in [3.63, 3.8) is 0 Å². The molecule has 0 saturated carbocycles. The fraction of sp³-hybridized carbons (Fsp3) is 0.462. The molecule has 1 heterocycles. The molecular weight excluding hydrogens is 416 g/mol. The van der Waals surface area contributed by atoms with Crippen LogP contribution in [0.5, 0.6) is 11.5 Å². The van der Waals surface area contributed by atoms with Crippen LogP contribution in [0.4, 0.5) is 4.79 Å². The second-order valence-electron chi connectivity index (χ2n) is 4.43. The molecule has 1 aliphatic heterocycles. The number of carbonyl (C=O) groups is 1. The highest BCUT2D eigenvalue weighted by molar-refractivity contribution is 14.1. The minimum absolute atomic E-state index is 0.214. The van der Waals surface area contributed by atoms with Gasteiger partial charge in [0.25, 0.3) is 0 Å². The van der Waals surface area contributed by atoms with Gasteiger partial charge in [0.15, 0.2) is 5.75 Å². The third kappa shape index (κ3) is 3.43. The molecule has 0 aromatic heterocycles. The summed E-state index contributed by atoms with van der Waals surface area (Å²) in [6.07, 6.45) is 1.61. The molecule has 1 aromatic carbocycles. The standard InChI is InChI=1S/C13H14Cl2INO3/c1-19-9-5-10(14)12(15)11(6-9)20-13(18)17-4-2-3-8(17)7-16/h5-6,8H,2-4,7H2,1H3. The van der Waals surface area contributed by atoms with Crippen molar-refractivity contribution in [1.29, 1.82) is 0 Å². The molecule has 110 valence electrons. The first-order chi connectivity index (χ1) is 9.56. The molecule has 7 heteroatoms. The van der Waals surface area contributed by atoms with Crippen molar-refractivity contribution in [3.05, 3.63) is 22.2 Å². The second kappa shape index (κ2) is 7.04. The molecule has 0 bridgehead atoms. The van der Waals surface area contributed by atoms with E-state index in [1.54, 1.807) is 17.0 Å². The van der Waals surface area contributed by atoms with Crippen LogP contribution in [0.2, 0.25) is 10.0 Å². The Morgan fingerprint density at radius 2 is 2.25 bits per heavy atom. The maximum Gasteiger partial charge on any atom is 0.415 e. The summed E-state index contributed by atoms with van der Waals surface area (Å²) in [5, 5.41) is 0.506. The first kappa shape index (κ1) is 16.0. The summed E-state index contributed by atoms with van der Waals surface area (Å²) in [5.41, 5.74) is 0. The summed E-state index contributed by atoms with van der Waals surface area (Å²) in [6, 6.07) is 3.36. The molecular formula is C13H14Cl2INO3. The molecule has 20 heavy (non-hydrogen) atoms. The van der Waals surface area contributed by atoms with Gasteiger partial charge in [-0.3, -0.25) is 0 Å². The van der Waals surface area contributed by atoms with Crippen LogP contribution in [-0.2, 0) is 0 Å². The summed E-state index contributed by atoms with van der Waals surface area (Å²) < 4.78 is 11.4. The summed E-state index contributed by atoms with van der Waals surface area (Å²) in [6.45, 7) is 0.710. The molecule has 4 nitrogen and oxygen atoms in total. The molecule has 0 N–H and O–H groups in total. The van der Waals surface area contributed by atoms with Gasteiger partial charge < -0.3 is 14.4 Å². The molecule has 1 fully saturated rings. The van der Waals surface area contributed by atoms with E-state index in [0.29, 0.717) is 17.3 Å². The molecule has 1 aliphatic rings. The lowest BCUT2D eigenvalue weighted by atomic mass is 10.2. The first-order valence-electron chi connectivity index (χ1n) is 6.14. The first-order valence-corrected chi connectivity index (χ1v) is 8.42. The Bertz CT molecular complexity index is 513. The summed E-state index contributed by atoms with van der Waals surface area (Å²) in [4.78, 5) is 13.9. The Hall–Kier alpha value is -0.400. The number of methoxy groups -OCH3 is 1. The van der Waals surface area contributed by atoms with Gasteiger partial charge in [0, 0.05) is 29.1 Å². The highest BCUT2D eigenvalue weighted by atomic mass is 127. The third-order valence-electron chi connectivity index (χ3n) is 3.19. The van der Waals surface area contributed by atoms with E-state index in [9.17, 15) is 4.79 Å². The highest BCUT2D eigenvalue weighted by Crippen LogP contribution is 2.36. The monoisotopic (exact) mass is 429 g/mol. The van der Waals surface area contributed by atoms with E-state index in [1.165, 1.54) is 7.11 Å². The van der Waals surface area contributed by atoms with Crippen molar-refractivity contribution >= 4 is 51.9 Å². The molecule has 0 spiro atoms. The smallest absolute Gasteiger partial charge is 0.415 e. The van der Waals surface area contributed by atoms with Crippen LogP contribution in [0.1, 0.15) is 12.8 Å².